The number of amides is 1. The van der Waals surface area contributed by atoms with E-state index in [1.165, 1.54) is 19.8 Å². The van der Waals surface area contributed by atoms with Crippen LogP contribution in [0, 0.1) is 0 Å². The first kappa shape index (κ1) is 18.9. The quantitative estimate of drug-likeness (QED) is 0.440. The van der Waals surface area contributed by atoms with Crippen molar-refractivity contribution in [1.82, 2.24) is 5.32 Å². The van der Waals surface area contributed by atoms with Crippen LogP contribution in [-0.4, -0.2) is 24.5 Å². The highest BCUT2D eigenvalue weighted by atomic mass is 16.5. The van der Waals surface area contributed by atoms with Crippen molar-refractivity contribution in [2.75, 3.05) is 6.54 Å². The third kappa shape index (κ3) is 13.4. The molecule has 1 unspecified atom stereocenters. The second-order valence-electron chi connectivity index (χ2n) is 5.44. The Labute approximate surface area is 123 Å². The largest absolute Gasteiger partial charge is 0.463 e. The number of hydrogen-bond acceptors (Lipinski definition) is 3. The Kier molecular flexibility index (Phi) is 12.3. The maximum Gasteiger partial charge on any atom is 0.306 e. The van der Waals surface area contributed by atoms with E-state index in [-0.39, 0.29) is 18.0 Å². The number of carbonyl (C=O) groups excluding carboxylic acids is 2. The summed E-state index contributed by atoms with van der Waals surface area (Å²) >= 11 is 0. The van der Waals surface area contributed by atoms with Crippen molar-refractivity contribution < 1.29 is 14.3 Å². The second-order valence-corrected chi connectivity index (χ2v) is 5.44. The van der Waals surface area contributed by atoms with Crippen molar-refractivity contribution in [3.63, 3.8) is 0 Å². The van der Waals surface area contributed by atoms with Gasteiger partial charge in [-0.05, 0) is 32.6 Å². The minimum absolute atomic E-state index is 0.0191. The zero-order chi connectivity index (χ0) is 15.2. The molecule has 0 heterocycles. The Hall–Kier alpha value is -1.06. The van der Waals surface area contributed by atoms with E-state index in [4.69, 9.17) is 4.74 Å². The Morgan fingerprint density at radius 3 is 2.40 bits per heavy atom. The summed E-state index contributed by atoms with van der Waals surface area (Å²) in [5, 5.41) is 2.77. The lowest BCUT2D eigenvalue weighted by Crippen LogP contribution is -2.20. The first-order valence-corrected chi connectivity index (χ1v) is 8.00. The lowest BCUT2D eigenvalue weighted by Gasteiger charge is -2.12. The molecule has 0 aliphatic carbocycles. The fraction of sp³-hybridized carbons (Fsp3) is 0.875. The molecule has 4 nitrogen and oxygen atoms in total. The van der Waals surface area contributed by atoms with Crippen LogP contribution in [-0.2, 0) is 14.3 Å². The highest BCUT2D eigenvalue weighted by Gasteiger charge is 2.08. The molecule has 0 fully saturated rings. The van der Waals surface area contributed by atoms with Gasteiger partial charge < -0.3 is 10.1 Å². The molecule has 0 aliphatic rings. The summed E-state index contributed by atoms with van der Waals surface area (Å²) in [7, 11) is 0. The summed E-state index contributed by atoms with van der Waals surface area (Å²) in [4.78, 5) is 22.2. The fourth-order valence-electron chi connectivity index (χ4n) is 2.04. The zero-order valence-corrected chi connectivity index (χ0v) is 13.4. The van der Waals surface area contributed by atoms with Crippen LogP contribution in [0.3, 0.4) is 0 Å². The van der Waals surface area contributed by atoms with Gasteiger partial charge >= 0.3 is 5.97 Å². The van der Waals surface area contributed by atoms with Gasteiger partial charge in [0.15, 0.2) is 0 Å². The number of esters is 1. The number of carbonyl (C=O) groups is 2. The third-order valence-corrected chi connectivity index (χ3v) is 3.23. The minimum atomic E-state index is -0.0733. The summed E-state index contributed by atoms with van der Waals surface area (Å²) < 4.78 is 5.36. The van der Waals surface area contributed by atoms with E-state index in [1.54, 1.807) is 0 Å². The molecule has 0 radical (unpaired) electrons. The van der Waals surface area contributed by atoms with E-state index >= 15 is 0 Å². The smallest absolute Gasteiger partial charge is 0.306 e. The van der Waals surface area contributed by atoms with Crippen LogP contribution in [0.5, 0.6) is 0 Å². The molecule has 0 aromatic rings. The summed E-state index contributed by atoms with van der Waals surface area (Å²) in [6.45, 7) is 6.40. The first-order valence-electron chi connectivity index (χ1n) is 8.00. The molecular weight excluding hydrogens is 254 g/mol. The van der Waals surface area contributed by atoms with E-state index in [1.807, 2.05) is 6.92 Å². The van der Waals surface area contributed by atoms with Crippen molar-refractivity contribution >= 4 is 11.9 Å². The van der Waals surface area contributed by atoms with Crippen molar-refractivity contribution in [2.45, 2.75) is 84.7 Å². The molecule has 0 aliphatic heterocycles. The normalized spacial score (nSPS) is 11.9. The highest BCUT2D eigenvalue weighted by molar-refractivity contribution is 5.72. The highest BCUT2D eigenvalue weighted by Crippen LogP contribution is 2.09. The molecule has 4 heteroatoms. The van der Waals surface area contributed by atoms with Gasteiger partial charge in [-0.3, -0.25) is 9.59 Å². The standard InChI is InChI=1S/C16H31NO3/c1-4-5-8-11-14(2)20-16(19)12-9-6-7-10-13-17-15(3)18/h14H,4-13H2,1-3H3,(H,17,18). The fourth-order valence-corrected chi connectivity index (χ4v) is 2.04. The zero-order valence-electron chi connectivity index (χ0n) is 13.4. The second kappa shape index (κ2) is 12.9. The molecule has 0 bridgehead atoms. The molecule has 0 aromatic carbocycles. The van der Waals surface area contributed by atoms with Crippen molar-refractivity contribution in [2.24, 2.45) is 0 Å². The molecule has 20 heavy (non-hydrogen) atoms. The van der Waals surface area contributed by atoms with Gasteiger partial charge in [0, 0.05) is 19.9 Å². The maximum atomic E-state index is 11.6. The number of hydrogen-bond donors (Lipinski definition) is 1. The van der Waals surface area contributed by atoms with E-state index in [2.05, 4.69) is 12.2 Å². The molecule has 0 rings (SSSR count). The van der Waals surface area contributed by atoms with Crippen molar-refractivity contribution in [1.29, 1.82) is 0 Å². The lowest BCUT2D eigenvalue weighted by atomic mass is 10.1. The lowest BCUT2D eigenvalue weighted by molar-refractivity contribution is -0.148. The molecule has 118 valence electrons. The number of rotatable bonds is 12. The molecular formula is C16H31NO3. The van der Waals surface area contributed by atoms with Gasteiger partial charge in [-0.25, -0.2) is 0 Å². The van der Waals surface area contributed by atoms with Gasteiger partial charge in [0.1, 0.15) is 0 Å². The summed E-state index contributed by atoms with van der Waals surface area (Å²) in [5.41, 5.74) is 0. The van der Waals surface area contributed by atoms with Gasteiger partial charge in [-0.1, -0.05) is 32.6 Å². The van der Waals surface area contributed by atoms with Crippen molar-refractivity contribution in [3.8, 4) is 0 Å². The van der Waals surface area contributed by atoms with E-state index in [9.17, 15) is 9.59 Å². The van der Waals surface area contributed by atoms with Gasteiger partial charge in [-0.2, -0.15) is 0 Å². The van der Waals surface area contributed by atoms with Crippen LogP contribution in [0.4, 0.5) is 0 Å². The van der Waals surface area contributed by atoms with E-state index in [0.717, 1.165) is 45.1 Å². The Morgan fingerprint density at radius 1 is 1.05 bits per heavy atom. The summed E-state index contributed by atoms with van der Waals surface area (Å²) in [6, 6.07) is 0. The molecule has 0 spiro atoms. The summed E-state index contributed by atoms with van der Waals surface area (Å²) in [6.07, 6.45) is 8.97. The molecule has 1 N–H and O–H groups in total. The minimum Gasteiger partial charge on any atom is -0.463 e. The maximum absolute atomic E-state index is 11.6. The van der Waals surface area contributed by atoms with Crippen molar-refractivity contribution in [3.05, 3.63) is 0 Å². The predicted octanol–water partition coefficient (Wildman–Crippen LogP) is 3.59. The van der Waals surface area contributed by atoms with Gasteiger partial charge in [-0.15, -0.1) is 0 Å². The topological polar surface area (TPSA) is 55.4 Å². The van der Waals surface area contributed by atoms with Crippen LogP contribution in [0.15, 0.2) is 0 Å². The average Bonchev–Trinajstić information content (AvgIpc) is 2.37. The SMILES string of the molecule is CCCCCC(C)OC(=O)CCCCCCNC(C)=O. The van der Waals surface area contributed by atoms with Crippen LogP contribution < -0.4 is 5.32 Å². The Bertz CT molecular complexity index is 266. The first-order chi connectivity index (χ1) is 9.56. The average molecular weight is 285 g/mol. The van der Waals surface area contributed by atoms with Gasteiger partial charge in [0.25, 0.3) is 0 Å². The van der Waals surface area contributed by atoms with E-state index < -0.39 is 0 Å². The Balaban J connectivity index is 3.37. The van der Waals surface area contributed by atoms with Crippen LogP contribution in [0.1, 0.15) is 78.6 Å². The Morgan fingerprint density at radius 2 is 1.75 bits per heavy atom. The third-order valence-electron chi connectivity index (χ3n) is 3.23. The molecule has 0 aromatic heterocycles. The van der Waals surface area contributed by atoms with Crippen LogP contribution in [0.2, 0.25) is 0 Å². The van der Waals surface area contributed by atoms with Gasteiger partial charge in [0.05, 0.1) is 6.10 Å². The predicted molar refractivity (Wildman–Crippen MR) is 81.5 cm³/mol. The number of unbranched alkanes of at least 4 members (excludes halogenated alkanes) is 5. The monoisotopic (exact) mass is 285 g/mol. The summed E-state index contributed by atoms with van der Waals surface area (Å²) in [5.74, 6) is -0.0542. The molecule has 1 amide bonds. The van der Waals surface area contributed by atoms with Gasteiger partial charge in [0.2, 0.25) is 5.91 Å². The number of nitrogens with one attached hydrogen (secondary N) is 1. The van der Waals surface area contributed by atoms with Crippen LogP contribution >= 0.6 is 0 Å². The van der Waals surface area contributed by atoms with Crippen LogP contribution in [0.25, 0.3) is 0 Å². The molecule has 1 atom stereocenters. The molecule has 0 saturated heterocycles. The van der Waals surface area contributed by atoms with E-state index in [0.29, 0.717) is 6.42 Å². The number of ether oxygens (including phenoxy) is 1. The molecule has 0 saturated carbocycles.